The number of aromatic nitrogens is 1. The van der Waals surface area contributed by atoms with Gasteiger partial charge in [0.1, 0.15) is 6.54 Å². The first-order chi connectivity index (χ1) is 12.9. The summed E-state index contributed by atoms with van der Waals surface area (Å²) in [5.41, 5.74) is 0.777. The summed E-state index contributed by atoms with van der Waals surface area (Å²) >= 11 is 0. The van der Waals surface area contributed by atoms with E-state index in [0.29, 0.717) is 30.8 Å². The molecule has 1 amide bonds. The fraction of sp³-hybridized carbons (Fsp3) is 0.368. The number of carbonyl (C=O) groups is 1. The molecule has 27 heavy (non-hydrogen) atoms. The highest BCUT2D eigenvalue weighted by Gasteiger charge is 2.29. The number of rotatable bonds is 5. The van der Waals surface area contributed by atoms with E-state index in [-0.39, 0.29) is 24.1 Å². The van der Waals surface area contributed by atoms with Crippen LogP contribution in [-0.4, -0.2) is 42.3 Å². The van der Waals surface area contributed by atoms with Gasteiger partial charge in [-0.25, -0.2) is 8.42 Å². The van der Waals surface area contributed by atoms with Crippen LogP contribution >= 0.6 is 0 Å². The second kappa shape index (κ2) is 8.06. The van der Waals surface area contributed by atoms with E-state index in [1.807, 2.05) is 6.92 Å². The molecule has 1 aliphatic heterocycles. The maximum Gasteiger partial charge on any atom is 0.250 e. The molecule has 1 fully saturated rings. The van der Waals surface area contributed by atoms with Crippen LogP contribution < -0.4 is 10.9 Å². The quantitative estimate of drug-likeness (QED) is 0.830. The molecule has 0 unspecified atom stereocenters. The molecule has 0 spiro atoms. The predicted octanol–water partition coefficient (Wildman–Crippen LogP) is 1.13. The normalized spacial score (nSPS) is 16.2. The lowest BCUT2D eigenvalue weighted by atomic mass is 10.1. The third-order valence-electron chi connectivity index (χ3n) is 4.69. The zero-order valence-electron chi connectivity index (χ0n) is 15.2. The highest BCUT2D eigenvalue weighted by Crippen LogP contribution is 2.21. The lowest BCUT2D eigenvalue weighted by molar-refractivity contribution is -0.122. The molecule has 0 radical (unpaired) electrons. The molecule has 0 atom stereocenters. The molecule has 144 valence electrons. The van der Waals surface area contributed by atoms with Gasteiger partial charge in [0, 0.05) is 31.4 Å². The van der Waals surface area contributed by atoms with Gasteiger partial charge in [0.2, 0.25) is 15.9 Å². The van der Waals surface area contributed by atoms with E-state index in [4.69, 9.17) is 0 Å². The lowest BCUT2D eigenvalue weighted by Crippen LogP contribution is -2.47. The van der Waals surface area contributed by atoms with Crippen molar-refractivity contribution in [3.05, 3.63) is 64.6 Å². The minimum absolute atomic E-state index is 0.0401. The molecule has 1 aromatic carbocycles. The number of hydrogen-bond acceptors (Lipinski definition) is 4. The van der Waals surface area contributed by atoms with E-state index in [1.165, 1.54) is 14.9 Å². The van der Waals surface area contributed by atoms with Crippen LogP contribution in [0.2, 0.25) is 0 Å². The topological polar surface area (TPSA) is 88.5 Å². The van der Waals surface area contributed by atoms with E-state index in [2.05, 4.69) is 5.32 Å². The number of piperidine rings is 1. The van der Waals surface area contributed by atoms with Crippen molar-refractivity contribution in [2.45, 2.75) is 37.2 Å². The van der Waals surface area contributed by atoms with Crippen LogP contribution in [0.4, 0.5) is 0 Å². The Bertz CT molecular complexity index is 959. The average molecular weight is 389 g/mol. The number of benzene rings is 1. The fourth-order valence-corrected chi connectivity index (χ4v) is 4.59. The van der Waals surface area contributed by atoms with Crippen molar-refractivity contribution >= 4 is 15.9 Å². The van der Waals surface area contributed by atoms with Crippen molar-refractivity contribution in [2.75, 3.05) is 13.1 Å². The van der Waals surface area contributed by atoms with Crippen LogP contribution in [-0.2, 0) is 21.4 Å². The number of pyridine rings is 1. The van der Waals surface area contributed by atoms with Crippen molar-refractivity contribution in [3.63, 3.8) is 0 Å². The smallest absolute Gasteiger partial charge is 0.250 e. The predicted molar refractivity (Wildman–Crippen MR) is 102 cm³/mol. The van der Waals surface area contributed by atoms with Crippen LogP contribution in [0.5, 0.6) is 0 Å². The Balaban J connectivity index is 1.55. The summed E-state index contributed by atoms with van der Waals surface area (Å²) in [5.74, 6) is -0.247. The summed E-state index contributed by atoms with van der Waals surface area (Å²) in [6.45, 7) is 2.58. The maximum absolute atomic E-state index is 12.7. The highest BCUT2D eigenvalue weighted by atomic mass is 32.2. The van der Waals surface area contributed by atoms with E-state index in [0.717, 1.165) is 5.56 Å². The number of aryl methyl sites for hydroxylation is 1. The Labute approximate surface area is 158 Å². The van der Waals surface area contributed by atoms with Crippen LogP contribution in [0, 0.1) is 6.92 Å². The molecule has 3 rings (SSSR count). The molecule has 0 aliphatic carbocycles. The van der Waals surface area contributed by atoms with E-state index >= 15 is 0 Å². The minimum Gasteiger partial charge on any atom is -0.352 e. The molecule has 1 aliphatic rings. The van der Waals surface area contributed by atoms with Crippen LogP contribution in [0.25, 0.3) is 0 Å². The third kappa shape index (κ3) is 4.64. The minimum atomic E-state index is -3.51. The average Bonchev–Trinajstić information content (AvgIpc) is 2.64. The molecule has 0 bridgehead atoms. The standard InChI is InChI=1S/C19H23N3O4S/c1-15-5-7-17(8-6-15)27(25,26)22-12-9-16(10-13-22)20-18(23)14-21-11-3-2-4-19(21)24/h2-8,11,16H,9-10,12-14H2,1H3,(H,20,23). The molecule has 0 saturated carbocycles. The summed E-state index contributed by atoms with van der Waals surface area (Å²) in [5, 5.41) is 2.89. The first kappa shape index (κ1) is 19.3. The van der Waals surface area contributed by atoms with Crippen molar-refractivity contribution in [3.8, 4) is 0 Å². The van der Waals surface area contributed by atoms with Gasteiger partial charge in [0.15, 0.2) is 0 Å². The Morgan fingerprint density at radius 3 is 2.41 bits per heavy atom. The number of nitrogens with zero attached hydrogens (tertiary/aromatic N) is 2. The summed E-state index contributed by atoms with van der Waals surface area (Å²) in [6.07, 6.45) is 2.65. The Kier molecular flexibility index (Phi) is 5.76. The largest absolute Gasteiger partial charge is 0.352 e. The van der Waals surface area contributed by atoms with Crippen molar-refractivity contribution in [1.29, 1.82) is 0 Å². The van der Waals surface area contributed by atoms with E-state index < -0.39 is 10.0 Å². The van der Waals surface area contributed by atoms with Gasteiger partial charge in [-0.05, 0) is 38.0 Å². The second-order valence-electron chi connectivity index (χ2n) is 6.73. The SMILES string of the molecule is Cc1ccc(S(=O)(=O)N2CCC(NC(=O)Cn3ccccc3=O)CC2)cc1. The van der Waals surface area contributed by atoms with Crippen molar-refractivity contribution in [2.24, 2.45) is 0 Å². The van der Waals surface area contributed by atoms with Gasteiger partial charge in [-0.3, -0.25) is 9.59 Å². The van der Waals surface area contributed by atoms with Gasteiger partial charge in [0.05, 0.1) is 4.90 Å². The van der Waals surface area contributed by atoms with Gasteiger partial charge >= 0.3 is 0 Å². The first-order valence-corrected chi connectivity index (χ1v) is 10.3. The van der Waals surface area contributed by atoms with Crippen molar-refractivity contribution in [1.82, 2.24) is 14.2 Å². The van der Waals surface area contributed by atoms with Gasteiger partial charge in [-0.15, -0.1) is 0 Å². The summed E-state index contributed by atoms with van der Waals surface area (Å²) < 4.78 is 28.2. The van der Waals surface area contributed by atoms with Gasteiger partial charge in [-0.2, -0.15) is 4.31 Å². The third-order valence-corrected chi connectivity index (χ3v) is 6.60. The molecule has 1 saturated heterocycles. The zero-order chi connectivity index (χ0) is 19.4. The van der Waals surface area contributed by atoms with Gasteiger partial charge in [0.25, 0.3) is 5.56 Å². The summed E-state index contributed by atoms with van der Waals surface area (Å²) in [4.78, 5) is 24.1. The molecule has 2 aromatic rings. The molecule has 2 heterocycles. The fourth-order valence-electron chi connectivity index (χ4n) is 3.12. The van der Waals surface area contributed by atoms with Crippen LogP contribution in [0.3, 0.4) is 0 Å². The first-order valence-electron chi connectivity index (χ1n) is 8.88. The number of carbonyl (C=O) groups excluding carboxylic acids is 1. The molecule has 7 nitrogen and oxygen atoms in total. The maximum atomic E-state index is 12.7. The second-order valence-corrected chi connectivity index (χ2v) is 8.66. The van der Waals surface area contributed by atoms with E-state index in [9.17, 15) is 18.0 Å². The van der Waals surface area contributed by atoms with Gasteiger partial charge in [-0.1, -0.05) is 23.8 Å². The van der Waals surface area contributed by atoms with Crippen LogP contribution in [0.1, 0.15) is 18.4 Å². The monoisotopic (exact) mass is 389 g/mol. The zero-order valence-corrected chi connectivity index (χ0v) is 16.0. The lowest BCUT2D eigenvalue weighted by Gasteiger charge is -2.31. The molecular formula is C19H23N3O4S. The number of hydrogen-bond donors (Lipinski definition) is 1. The Morgan fingerprint density at radius 1 is 1.11 bits per heavy atom. The van der Waals surface area contributed by atoms with E-state index in [1.54, 1.807) is 42.6 Å². The Morgan fingerprint density at radius 2 is 1.78 bits per heavy atom. The number of amides is 1. The highest BCUT2D eigenvalue weighted by molar-refractivity contribution is 7.89. The summed E-state index contributed by atoms with van der Waals surface area (Å²) in [7, 11) is -3.51. The molecule has 1 N–H and O–H groups in total. The molecule has 8 heteroatoms. The molecule has 1 aromatic heterocycles. The molecular weight excluding hydrogens is 366 g/mol. The number of sulfonamides is 1. The van der Waals surface area contributed by atoms with Gasteiger partial charge < -0.3 is 9.88 Å². The number of nitrogens with one attached hydrogen (secondary N) is 1. The summed E-state index contributed by atoms with van der Waals surface area (Å²) in [6, 6.07) is 11.4. The Hall–Kier alpha value is -2.45. The van der Waals surface area contributed by atoms with Crippen LogP contribution in [0.15, 0.2) is 58.4 Å². The van der Waals surface area contributed by atoms with Crippen molar-refractivity contribution < 1.29 is 13.2 Å².